The summed E-state index contributed by atoms with van der Waals surface area (Å²) in [7, 11) is 0. The molecular formula is C25H27FN6OS. The number of thiazole rings is 1. The maximum Gasteiger partial charge on any atom is 0.271 e. The highest BCUT2D eigenvalue weighted by molar-refractivity contribution is 7.09. The van der Waals surface area contributed by atoms with E-state index in [9.17, 15) is 9.18 Å². The Hall–Kier alpha value is -3.17. The maximum atomic E-state index is 13.7. The van der Waals surface area contributed by atoms with E-state index in [1.54, 1.807) is 5.38 Å². The van der Waals surface area contributed by atoms with Gasteiger partial charge in [0.2, 0.25) is 0 Å². The Bertz CT molecular complexity index is 1230. The minimum atomic E-state index is -0.430. The molecule has 0 saturated heterocycles. The summed E-state index contributed by atoms with van der Waals surface area (Å²) in [4.78, 5) is 31.5. The number of hydrogen-bond donors (Lipinski definition) is 2. The molecule has 1 aliphatic rings. The molecule has 0 spiro atoms. The molecule has 1 aliphatic carbocycles. The highest BCUT2D eigenvalue weighted by atomic mass is 32.1. The van der Waals surface area contributed by atoms with Gasteiger partial charge < -0.3 is 15.2 Å². The fraction of sp³-hybridized carbons (Fsp3) is 0.360. The van der Waals surface area contributed by atoms with Crippen LogP contribution in [0.4, 0.5) is 4.39 Å². The summed E-state index contributed by atoms with van der Waals surface area (Å²) in [6, 6.07) is 11.0. The summed E-state index contributed by atoms with van der Waals surface area (Å²) in [6.07, 6.45) is 5.78. The lowest BCUT2D eigenvalue weighted by Gasteiger charge is -2.21. The van der Waals surface area contributed by atoms with Crippen molar-refractivity contribution in [2.45, 2.75) is 32.2 Å². The van der Waals surface area contributed by atoms with Crippen LogP contribution in [0, 0.1) is 11.7 Å². The van der Waals surface area contributed by atoms with Crippen molar-refractivity contribution in [3.8, 4) is 0 Å². The Labute approximate surface area is 201 Å². The number of imidazole rings is 1. The molecule has 7 nitrogen and oxygen atoms in total. The number of aromatic amines is 1. The zero-order valence-electron chi connectivity index (χ0n) is 18.8. The van der Waals surface area contributed by atoms with Crippen LogP contribution in [-0.4, -0.2) is 50.4 Å². The SMILES string of the molecule is O=C(NCc1ncccc1F)c1csc(CCN(CCc2nc3ccccc3[nH]2)CC2CC2)n1. The van der Waals surface area contributed by atoms with Crippen molar-refractivity contribution < 1.29 is 9.18 Å². The van der Waals surface area contributed by atoms with Crippen LogP contribution in [0.15, 0.2) is 48.0 Å². The van der Waals surface area contributed by atoms with E-state index in [4.69, 9.17) is 4.98 Å². The van der Waals surface area contributed by atoms with Gasteiger partial charge in [-0.3, -0.25) is 9.78 Å². The number of aromatic nitrogens is 4. The third-order valence-electron chi connectivity index (χ3n) is 5.99. The molecule has 1 saturated carbocycles. The Morgan fingerprint density at radius 2 is 2.00 bits per heavy atom. The standard InChI is InChI=1S/C25H27FN6OS/c26-18-4-3-11-27-21(18)14-28-25(33)22-16-34-24(31-22)10-13-32(15-17-7-8-17)12-9-23-29-19-5-1-2-6-20(19)30-23/h1-6,11,16-17H,7-10,12-15H2,(H,28,33)(H,29,30). The normalized spacial score (nSPS) is 13.6. The minimum absolute atomic E-state index is 0.0370. The first-order valence-corrected chi connectivity index (χ1v) is 12.5. The Morgan fingerprint density at radius 1 is 1.15 bits per heavy atom. The molecule has 1 fully saturated rings. The molecule has 0 bridgehead atoms. The number of carbonyl (C=O) groups is 1. The van der Waals surface area contributed by atoms with Crippen LogP contribution < -0.4 is 5.32 Å². The van der Waals surface area contributed by atoms with E-state index in [-0.39, 0.29) is 18.1 Å². The van der Waals surface area contributed by atoms with Crippen molar-refractivity contribution in [1.29, 1.82) is 0 Å². The first-order chi connectivity index (χ1) is 16.6. The van der Waals surface area contributed by atoms with E-state index in [1.807, 2.05) is 18.2 Å². The van der Waals surface area contributed by atoms with E-state index < -0.39 is 5.82 Å². The monoisotopic (exact) mass is 478 g/mol. The van der Waals surface area contributed by atoms with Crippen molar-refractivity contribution in [3.05, 3.63) is 76.0 Å². The fourth-order valence-corrected chi connectivity index (χ4v) is 4.70. The van der Waals surface area contributed by atoms with E-state index in [0.29, 0.717) is 5.69 Å². The largest absolute Gasteiger partial charge is 0.345 e. The van der Waals surface area contributed by atoms with E-state index in [1.165, 1.54) is 42.5 Å². The van der Waals surface area contributed by atoms with Crippen LogP contribution in [0.5, 0.6) is 0 Å². The lowest BCUT2D eigenvalue weighted by atomic mass is 10.3. The van der Waals surface area contributed by atoms with Crippen LogP contribution >= 0.6 is 11.3 Å². The summed E-state index contributed by atoms with van der Waals surface area (Å²) in [5, 5.41) is 5.39. The van der Waals surface area contributed by atoms with Crippen molar-refractivity contribution >= 4 is 28.3 Å². The van der Waals surface area contributed by atoms with Gasteiger partial charge in [0.25, 0.3) is 5.91 Å². The van der Waals surface area contributed by atoms with Crippen LogP contribution in [-0.2, 0) is 19.4 Å². The Kier molecular flexibility index (Phi) is 6.92. The second-order valence-electron chi connectivity index (χ2n) is 8.69. The first-order valence-electron chi connectivity index (χ1n) is 11.6. The second-order valence-corrected chi connectivity index (χ2v) is 9.63. The number of nitrogens with one attached hydrogen (secondary N) is 2. The molecule has 3 heterocycles. The summed E-state index contributed by atoms with van der Waals surface area (Å²) in [6.45, 7) is 2.96. The minimum Gasteiger partial charge on any atom is -0.345 e. The molecule has 0 aliphatic heterocycles. The molecule has 34 heavy (non-hydrogen) atoms. The van der Waals surface area contributed by atoms with Crippen molar-refractivity contribution in [1.82, 2.24) is 30.2 Å². The number of H-pyrrole nitrogens is 1. The Morgan fingerprint density at radius 3 is 2.82 bits per heavy atom. The molecule has 1 amide bonds. The number of hydrogen-bond acceptors (Lipinski definition) is 6. The third kappa shape index (κ3) is 5.84. The average Bonchev–Trinajstić information content (AvgIpc) is 3.37. The number of para-hydroxylation sites is 2. The summed E-state index contributed by atoms with van der Waals surface area (Å²) in [5.41, 5.74) is 2.66. The van der Waals surface area contributed by atoms with Crippen molar-refractivity contribution in [2.24, 2.45) is 5.92 Å². The highest BCUT2D eigenvalue weighted by Gasteiger charge is 2.24. The van der Waals surface area contributed by atoms with Gasteiger partial charge in [0.1, 0.15) is 17.3 Å². The number of amides is 1. The summed E-state index contributed by atoms with van der Waals surface area (Å²) < 4.78 is 13.7. The van der Waals surface area contributed by atoms with Gasteiger partial charge in [-0.05, 0) is 43.0 Å². The van der Waals surface area contributed by atoms with Gasteiger partial charge in [-0.2, -0.15) is 0 Å². The number of fused-ring (bicyclic) bond motifs is 1. The number of nitrogens with zero attached hydrogens (tertiary/aromatic N) is 4. The molecule has 1 aromatic carbocycles. The van der Waals surface area contributed by atoms with Gasteiger partial charge in [0.05, 0.1) is 28.3 Å². The molecule has 5 rings (SSSR count). The summed E-state index contributed by atoms with van der Waals surface area (Å²) >= 11 is 1.49. The molecule has 0 atom stereocenters. The highest BCUT2D eigenvalue weighted by Crippen LogP contribution is 2.30. The molecule has 2 N–H and O–H groups in total. The lowest BCUT2D eigenvalue weighted by molar-refractivity contribution is 0.0945. The van der Waals surface area contributed by atoms with Gasteiger partial charge in [-0.1, -0.05) is 12.1 Å². The second kappa shape index (κ2) is 10.4. The van der Waals surface area contributed by atoms with E-state index in [0.717, 1.165) is 60.3 Å². The van der Waals surface area contributed by atoms with E-state index in [2.05, 4.69) is 31.2 Å². The number of pyridine rings is 1. The molecular weight excluding hydrogens is 451 g/mol. The van der Waals surface area contributed by atoms with Crippen molar-refractivity contribution in [2.75, 3.05) is 19.6 Å². The smallest absolute Gasteiger partial charge is 0.271 e. The molecule has 3 aromatic heterocycles. The fourth-order valence-electron chi connectivity index (χ4n) is 3.93. The van der Waals surface area contributed by atoms with Crippen LogP contribution in [0.2, 0.25) is 0 Å². The van der Waals surface area contributed by atoms with Gasteiger partial charge in [0, 0.05) is 44.1 Å². The maximum absolute atomic E-state index is 13.7. The number of halogens is 1. The van der Waals surface area contributed by atoms with Crippen LogP contribution in [0.1, 0.15) is 39.9 Å². The number of rotatable bonds is 11. The first kappa shape index (κ1) is 22.6. The third-order valence-corrected chi connectivity index (χ3v) is 6.90. The molecule has 0 radical (unpaired) electrons. The van der Waals surface area contributed by atoms with Crippen LogP contribution in [0.25, 0.3) is 11.0 Å². The molecule has 9 heteroatoms. The summed E-state index contributed by atoms with van der Waals surface area (Å²) in [5.74, 6) is 1.06. The van der Waals surface area contributed by atoms with Gasteiger partial charge in [0.15, 0.2) is 0 Å². The average molecular weight is 479 g/mol. The molecule has 4 aromatic rings. The van der Waals surface area contributed by atoms with Crippen LogP contribution in [0.3, 0.4) is 0 Å². The van der Waals surface area contributed by atoms with E-state index >= 15 is 0 Å². The predicted molar refractivity (Wildman–Crippen MR) is 130 cm³/mol. The lowest BCUT2D eigenvalue weighted by Crippen LogP contribution is -2.30. The number of benzene rings is 1. The number of carbonyl (C=O) groups excluding carboxylic acids is 1. The van der Waals surface area contributed by atoms with Gasteiger partial charge >= 0.3 is 0 Å². The van der Waals surface area contributed by atoms with Gasteiger partial charge in [-0.25, -0.2) is 14.4 Å². The quantitative estimate of drug-likeness (QED) is 0.341. The van der Waals surface area contributed by atoms with Crippen molar-refractivity contribution in [3.63, 3.8) is 0 Å². The molecule has 0 unspecified atom stereocenters. The molecule has 176 valence electrons. The zero-order chi connectivity index (χ0) is 23.3. The van der Waals surface area contributed by atoms with Gasteiger partial charge in [-0.15, -0.1) is 11.3 Å². The predicted octanol–water partition coefficient (Wildman–Crippen LogP) is 3.98. The topological polar surface area (TPSA) is 86.8 Å². The Balaban J connectivity index is 1.13. The zero-order valence-corrected chi connectivity index (χ0v) is 19.7.